The molecule has 5 nitrogen and oxygen atoms in total. The molecule has 0 bridgehead atoms. The Morgan fingerprint density at radius 1 is 1.09 bits per heavy atom. The highest BCUT2D eigenvalue weighted by atomic mass is 19.1. The van der Waals surface area contributed by atoms with E-state index < -0.39 is 6.04 Å². The number of benzene rings is 2. The third-order valence-corrected chi connectivity index (χ3v) is 6.68. The Morgan fingerprint density at radius 3 is 2.44 bits per heavy atom. The molecule has 2 aliphatic heterocycles. The van der Waals surface area contributed by atoms with Crippen molar-refractivity contribution in [1.29, 1.82) is 0 Å². The van der Waals surface area contributed by atoms with Gasteiger partial charge in [-0.1, -0.05) is 44.2 Å². The number of hydrogen-bond donors (Lipinski definition) is 1. The molecule has 1 fully saturated rings. The van der Waals surface area contributed by atoms with Crippen LogP contribution in [-0.2, 0) is 17.9 Å². The van der Waals surface area contributed by atoms with E-state index in [1.165, 1.54) is 12.1 Å². The van der Waals surface area contributed by atoms with Crippen molar-refractivity contribution in [2.75, 3.05) is 19.6 Å². The maximum atomic E-state index is 13.1. The first-order valence-electron chi connectivity index (χ1n) is 11.6. The molecule has 2 aliphatic rings. The zero-order chi connectivity index (χ0) is 22.7. The quantitative estimate of drug-likeness (QED) is 0.716. The number of carbonyl (C=O) groups excluding carboxylic acids is 2. The Hall–Kier alpha value is -2.73. The predicted octanol–water partition coefficient (Wildman–Crippen LogP) is 3.83. The van der Waals surface area contributed by atoms with Crippen molar-refractivity contribution in [2.45, 2.75) is 45.8 Å². The molecule has 0 unspecified atom stereocenters. The van der Waals surface area contributed by atoms with Gasteiger partial charge in [0.05, 0.1) is 0 Å². The Bertz CT molecular complexity index is 952. The van der Waals surface area contributed by atoms with Crippen LogP contribution < -0.4 is 5.32 Å². The smallest absolute Gasteiger partial charge is 0.255 e. The fourth-order valence-electron chi connectivity index (χ4n) is 4.85. The summed E-state index contributed by atoms with van der Waals surface area (Å²) in [5, 5.41) is 3.14. The van der Waals surface area contributed by atoms with Gasteiger partial charge in [0, 0.05) is 25.2 Å². The zero-order valence-corrected chi connectivity index (χ0v) is 18.9. The largest absolute Gasteiger partial charge is 0.354 e. The van der Waals surface area contributed by atoms with Crippen molar-refractivity contribution in [2.24, 2.45) is 11.8 Å². The first-order chi connectivity index (χ1) is 15.4. The molecule has 1 N–H and O–H groups in total. The lowest BCUT2D eigenvalue weighted by Crippen LogP contribution is -2.51. The van der Waals surface area contributed by atoms with Crippen LogP contribution in [0.15, 0.2) is 48.5 Å². The van der Waals surface area contributed by atoms with Gasteiger partial charge >= 0.3 is 0 Å². The first-order valence-corrected chi connectivity index (χ1v) is 11.6. The minimum Gasteiger partial charge on any atom is -0.354 e. The lowest BCUT2D eigenvalue weighted by molar-refractivity contribution is -0.127. The van der Waals surface area contributed by atoms with Crippen molar-refractivity contribution in [3.8, 4) is 0 Å². The second-order valence-corrected chi connectivity index (χ2v) is 9.37. The molecule has 4 rings (SSSR count). The van der Waals surface area contributed by atoms with Gasteiger partial charge in [-0.05, 0) is 67.1 Å². The number of fused-ring (bicyclic) bond motifs is 1. The topological polar surface area (TPSA) is 52.7 Å². The number of rotatable bonds is 7. The van der Waals surface area contributed by atoms with Crippen molar-refractivity contribution < 1.29 is 14.0 Å². The molecule has 2 aromatic rings. The van der Waals surface area contributed by atoms with E-state index in [-0.39, 0.29) is 23.5 Å². The molecule has 1 saturated heterocycles. The van der Waals surface area contributed by atoms with Gasteiger partial charge in [0.25, 0.3) is 5.91 Å². The fourth-order valence-corrected chi connectivity index (χ4v) is 4.85. The molecule has 6 heteroatoms. The van der Waals surface area contributed by atoms with E-state index in [2.05, 4.69) is 10.2 Å². The summed E-state index contributed by atoms with van der Waals surface area (Å²) >= 11 is 0. The van der Waals surface area contributed by atoms with E-state index in [1.807, 2.05) is 50.2 Å². The molecule has 0 saturated carbocycles. The van der Waals surface area contributed by atoms with Crippen LogP contribution in [-0.4, -0.2) is 47.3 Å². The molecule has 170 valence electrons. The van der Waals surface area contributed by atoms with Crippen LogP contribution in [0.3, 0.4) is 0 Å². The van der Waals surface area contributed by atoms with Gasteiger partial charge in [-0.25, -0.2) is 4.39 Å². The van der Waals surface area contributed by atoms with Crippen LogP contribution in [0, 0.1) is 17.7 Å². The summed E-state index contributed by atoms with van der Waals surface area (Å²) in [7, 11) is 0. The van der Waals surface area contributed by atoms with Gasteiger partial charge in [-0.3, -0.25) is 14.5 Å². The summed E-state index contributed by atoms with van der Waals surface area (Å²) in [5.41, 5.74) is 2.82. The van der Waals surface area contributed by atoms with Crippen molar-refractivity contribution in [1.82, 2.24) is 15.1 Å². The van der Waals surface area contributed by atoms with E-state index in [1.54, 1.807) is 4.90 Å². The lowest BCUT2D eigenvalue weighted by Gasteiger charge is -2.33. The third-order valence-electron chi connectivity index (χ3n) is 6.68. The van der Waals surface area contributed by atoms with Crippen molar-refractivity contribution in [3.63, 3.8) is 0 Å². The summed E-state index contributed by atoms with van der Waals surface area (Å²) in [6, 6.07) is 13.8. The number of nitrogens with one attached hydrogen (secondary N) is 1. The molecule has 0 aliphatic carbocycles. The lowest BCUT2D eigenvalue weighted by atomic mass is 9.95. The van der Waals surface area contributed by atoms with Gasteiger partial charge in [0.2, 0.25) is 5.91 Å². The standard InChI is InChI=1S/C26H32FN3O2/c1-18(2)24(30-17-21-5-3-4-6-23(21)26(30)32)25(31)28-15-19-11-13-29(14-12-19)16-20-7-9-22(27)10-8-20/h3-10,18-19,24H,11-17H2,1-2H3,(H,28,31)/t24-/m0/s1. The summed E-state index contributed by atoms with van der Waals surface area (Å²) in [6.07, 6.45) is 2.03. The average molecular weight is 438 g/mol. The number of nitrogens with zero attached hydrogens (tertiary/aromatic N) is 2. The molecule has 2 amide bonds. The number of likely N-dealkylation sites (tertiary alicyclic amines) is 1. The molecule has 0 aromatic heterocycles. The number of carbonyl (C=O) groups is 2. The van der Waals surface area contributed by atoms with E-state index in [4.69, 9.17) is 0 Å². The highest BCUT2D eigenvalue weighted by molar-refractivity contribution is 6.01. The molecular weight excluding hydrogens is 405 g/mol. The second kappa shape index (κ2) is 9.82. The van der Waals surface area contributed by atoms with Crippen molar-refractivity contribution in [3.05, 3.63) is 71.0 Å². The number of hydrogen-bond acceptors (Lipinski definition) is 3. The maximum Gasteiger partial charge on any atom is 0.255 e. The maximum absolute atomic E-state index is 13.1. The Labute approximate surface area is 189 Å². The minimum absolute atomic E-state index is 0.0332. The SMILES string of the molecule is CC(C)[C@@H](C(=O)NCC1CCN(Cc2ccc(F)cc2)CC1)N1Cc2ccccc2C1=O. The second-order valence-electron chi connectivity index (χ2n) is 9.37. The predicted molar refractivity (Wildman–Crippen MR) is 122 cm³/mol. The molecular formula is C26H32FN3O2. The van der Waals surface area contributed by atoms with Crippen molar-refractivity contribution >= 4 is 11.8 Å². The fraction of sp³-hybridized carbons (Fsp3) is 0.462. The number of halogens is 1. The first kappa shape index (κ1) is 22.5. The summed E-state index contributed by atoms with van der Waals surface area (Å²) < 4.78 is 13.1. The number of piperidine rings is 1. The Morgan fingerprint density at radius 2 is 1.78 bits per heavy atom. The van der Waals surface area contributed by atoms with E-state index in [0.717, 1.165) is 43.6 Å². The third kappa shape index (κ3) is 5.01. The number of amides is 2. The summed E-state index contributed by atoms with van der Waals surface area (Å²) in [4.78, 5) is 30.1. The molecule has 1 atom stereocenters. The van der Waals surface area contributed by atoms with E-state index >= 15 is 0 Å². The monoisotopic (exact) mass is 437 g/mol. The van der Waals surface area contributed by atoms with Crippen LogP contribution >= 0.6 is 0 Å². The zero-order valence-electron chi connectivity index (χ0n) is 18.9. The van der Waals surface area contributed by atoms with Crippen LogP contribution in [0.2, 0.25) is 0 Å². The van der Waals surface area contributed by atoms with E-state index in [9.17, 15) is 14.0 Å². The van der Waals surface area contributed by atoms with Gasteiger partial charge in [0.1, 0.15) is 11.9 Å². The van der Waals surface area contributed by atoms with Crippen LogP contribution in [0.25, 0.3) is 0 Å². The summed E-state index contributed by atoms with van der Waals surface area (Å²) in [6.45, 7) is 7.88. The molecule has 0 radical (unpaired) electrons. The highest BCUT2D eigenvalue weighted by Crippen LogP contribution is 2.27. The molecule has 32 heavy (non-hydrogen) atoms. The van der Waals surface area contributed by atoms with Gasteiger partial charge in [-0.15, -0.1) is 0 Å². The Kier molecular flexibility index (Phi) is 6.89. The molecule has 2 heterocycles. The molecule has 0 spiro atoms. The highest BCUT2D eigenvalue weighted by Gasteiger charge is 2.38. The van der Waals surface area contributed by atoms with Gasteiger partial charge < -0.3 is 10.2 Å². The van der Waals surface area contributed by atoms with Crippen LogP contribution in [0.4, 0.5) is 4.39 Å². The normalized spacial score (nSPS) is 18.1. The van der Waals surface area contributed by atoms with Crippen LogP contribution in [0.5, 0.6) is 0 Å². The van der Waals surface area contributed by atoms with Crippen LogP contribution in [0.1, 0.15) is 48.2 Å². The Balaban J connectivity index is 1.27. The van der Waals surface area contributed by atoms with Gasteiger partial charge in [-0.2, -0.15) is 0 Å². The minimum atomic E-state index is -0.464. The molecule has 2 aromatic carbocycles. The summed E-state index contributed by atoms with van der Waals surface area (Å²) in [5.74, 6) is 0.148. The average Bonchev–Trinajstić information content (AvgIpc) is 3.11. The van der Waals surface area contributed by atoms with E-state index in [0.29, 0.717) is 24.6 Å². The van der Waals surface area contributed by atoms with Gasteiger partial charge in [0.15, 0.2) is 0 Å².